The number of halogens is 1. The van der Waals surface area contributed by atoms with Gasteiger partial charge in [-0.25, -0.2) is 0 Å². The van der Waals surface area contributed by atoms with Gasteiger partial charge in [0, 0.05) is 30.1 Å². The van der Waals surface area contributed by atoms with E-state index in [0.717, 1.165) is 11.6 Å². The quantitative estimate of drug-likeness (QED) is 0.626. The lowest BCUT2D eigenvalue weighted by atomic mass is 10.2. The molecule has 16 heavy (non-hydrogen) atoms. The summed E-state index contributed by atoms with van der Waals surface area (Å²) in [5.41, 5.74) is 1.13. The third-order valence-electron chi connectivity index (χ3n) is 2.67. The fraction of sp³-hybridized carbons (Fsp3) is 0.364. The minimum absolute atomic E-state index is 0.0561. The van der Waals surface area contributed by atoms with Crippen LogP contribution in [0.3, 0.4) is 0 Å². The molecule has 0 aliphatic carbocycles. The number of anilines is 1. The number of pyridine rings is 1. The third-order valence-corrected chi connectivity index (χ3v) is 3.59. The van der Waals surface area contributed by atoms with E-state index in [2.05, 4.69) is 20.9 Å². The number of rotatable bonds is 3. The van der Waals surface area contributed by atoms with Crippen molar-refractivity contribution in [1.29, 1.82) is 0 Å². The zero-order valence-corrected chi connectivity index (χ0v) is 10.2. The van der Waals surface area contributed by atoms with E-state index in [1.807, 2.05) is 0 Å². The molecule has 2 rings (SSSR count). The number of hydrogen-bond acceptors (Lipinski definition) is 3. The van der Waals surface area contributed by atoms with Crippen LogP contribution in [0.15, 0.2) is 18.5 Å². The minimum Gasteiger partial charge on any atom is -0.310 e. The molecule has 1 fully saturated rings. The molecule has 1 aromatic heterocycles. The topological polar surface area (TPSA) is 50.3 Å². The second kappa shape index (κ2) is 4.74. The van der Waals surface area contributed by atoms with Crippen molar-refractivity contribution in [3.63, 3.8) is 0 Å². The van der Waals surface area contributed by atoms with Gasteiger partial charge in [-0.15, -0.1) is 0 Å². The van der Waals surface area contributed by atoms with E-state index in [-0.39, 0.29) is 5.91 Å². The molecule has 0 aromatic carbocycles. The van der Waals surface area contributed by atoms with Crippen LogP contribution in [0.2, 0.25) is 0 Å². The van der Waals surface area contributed by atoms with Gasteiger partial charge >= 0.3 is 0 Å². The van der Waals surface area contributed by atoms with Crippen LogP contribution >= 0.6 is 15.9 Å². The van der Waals surface area contributed by atoms with Crippen LogP contribution in [0.25, 0.3) is 0 Å². The molecule has 1 atom stereocenters. The van der Waals surface area contributed by atoms with Crippen molar-refractivity contribution in [2.75, 3.05) is 16.8 Å². The van der Waals surface area contributed by atoms with Crippen LogP contribution in [0.5, 0.6) is 0 Å². The molecule has 5 heteroatoms. The summed E-state index contributed by atoms with van der Waals surface area (Å²) in [7, 11) is 0. The highest BCUT2D eigenvalue weighted by Crippen LogP contribution is 2.27. The largest absolute Gasteiger partial charge is 0.310 e. The molecule has 4 nitrogen and oxygen atoms in total. The van der Waals surface area contributed by atoms with Gasteiger partial charge in [0.15, 0.2) is 6.29 Å². The lowest BCUT2D eigenvalue weighted by molar-refractivity contribution is -0.117. The lowest BCUT2D eigenvalue weighted by Gasteiger charge is -2.17. The molecule has 1 aromatic rings. The Balaban J connectivity index is 2.31. The van der Waals surface area contributed by atoms with Crippen molar-refractivity contribution >= 4 is 33.8 Å². The van der Waals surface area contributed by atoms with Crippen LogP contribution < -0.4 is 4.90 Å². The fourth-order valence-corrected chi connectivity index (χ4v) is 2.27. The monoisotopic (exact) mass is 282 g/mol. The van der Waals surface area contributed by atoms with E-state index in [4.69, 9.17) is 0 Å². The first-order valence-electron chi connectivity index (χ1n) is 5.01. The van der Waals surface area contributed by atoms with Crippen LogP contribution in [-0.2, 0) is 4.79 Å². The van der Waals surface area contributed by atoms with E-state index < -0.39 is 0 Å². The van der Waals surface area contributed by atoms with Gasteiger partial charge in [0.05, 0.1) is 11.9 Å². The number of aromatic nitrogens is 1. The standard InChI is InChI=1S/C11H11BrN2O2/c12-4-8-3-11(16)14(6-8)10-5-13-2-1-9(10)7-15/h1-2,5,7-8H,3-4,6H2. The molecule has 0 radical (unpaired) electrons. The summed E-state index contributed by atoms with van der Waals surface area (Å²) in [6, 6.07) is 1.62. The van der Waals surface area contributed by atoms with Gasteiger partial charge in [0.25, 0.3) is 0 Å². The van der Waals surface area contributed by atoms with Gasteiger partial charge in [0.2, 0.25) is 5.91 Å². The Kier molecular flexibility index (Phi) is 3.33. The van der Waals surface area contributed by atoms with Gasteiger partial charge in [-0.2, -0.15) is 0 Å². The molecule has 0 N–H and O–H groups in total. The Morgan fingerprint density at radius 2 is 2.44 bits per heavy atom. The molecule has 1 unspecified atom stereocenters. The van der Waals surface area contributed by atoms with Crippen LogP contribution in [-0.4, -0.2) is 29.1 Å². The average Bonchev–Trinajstić information content (AvgIpc) is 2.70. The first-order valence-corrected chi connectivity index (χ1v) is 6.14. The first kappa shape index (κ1) is 11.3. The summed E-state index contributed by atoms with van der Waals surface area (Å²) >= 11 is 3.38. The Bertz CT molecular complexity index is 422. The summed E-state index contributed by atoms with van der Waals surface area (Å²) in [4.78, 5) is 28.2. The Morgan fingerprint density at radius 1 is 1.62 bits per heavy atom. The van der Waals surface area contributed by atoms with E-state index in [9.17, 15) is 9.59 Å². The number of hydrogen-bond donors (Lipinski definition) is 0. The molecular formula is C11H11BrN2O2. The maximum Gasteiger partial charge on any atom is 0.227 e. The molecular weight excluding hydrogens is 272 g/mol. The summed E-state index contributed by atoms with van der Waals surface area (Å²) in [6.45, 7) is 0.649. The zero-order chi connectivity index (χ0) is 11.5. The molecule has 0 saturated carbocycles. The zero-order valence-electron chi connectivity index (χ0n) is 8.60. The maximum absolute atomic E-state index is 11.8. The van der Waals surface area contributed by atoms with E-state index in [0.29, 0.717) is 30.1 Å². The highest BCUT2D eigenvalue weighted by molar-refractivity contribution is 9.09. The first-order chi connectivity index (χ1) is 7.76. The van der Waals surface area contributed by atoms with E-state index in [1.54, 1.807) is 23.4 Å². The Hall–Kier alpha value is -1.23. The number of nitrogens with zero attached hydrogens (tertiary/aromatic N) is 2. The Morgan fingerprint density at radius 3 is 3.06 bits per heavy atom. The normalized spacial score (nSPS) is 20.2. The number of aldehydes is 1. The highest BCUT2D eigenvalue weighted by Gasteiger charge is 2.30. The summed E-state index contributed by atoms with van der Waals surface area (Å²) in [6.07, 6.45) is 4.40. The molecule has 1 saturated heterocycles. The molecule has 84 valence electrons. The molecule has 0 bridgehead atoms. The highest BCUT2D eigenvalue weighted by atomic mass is 79.9. The average molecular weight is 283 g/mol. The molecule has 0 spiro atoms. The minimum atomic E-state index is 0.0561. The number of amides is 1. The van der Waals surface area contributed by atoms with Crippen molar-refractivity contribution in [3.05, 3.63) is 24.0 Å². The number of alkyl halides is 1. The van der Waals surface area contributed by atoms with Gasteiger partial charge in [-0.1, -0.05) is 15.9 Å². The van der Waals surface area contributed by atoms with Crippen molar-refractivity contribution in [2.45, 2.75) is 6.42 Å². The van der Waals surface area contributed by atoms with Crippen molar-refractivity contribution in [1.82, 2.24) is 4.98 Å². The van der Waals surface area contributed by atoms with E-state index >= 15 is 0 Å². The van der Waals surface area contributed by atoms with Gasteiger partial charge in [0.1, 0.15) is 0 Å². The summed E-state index contributed by atoms with van der Waals surface area (Å²) in [5, 5.41) is 0.798. The third kappa shape index (κ3) is 2.00. The second-order valence-electron chi connectivity index (χ2n) is 3.78. The fourth-order valence-electron chi connectivity index (χ4n) is 1.84. The van der Waals surface area contributed by atoms with Crippen molar-refractivity contribution < 1.29 is 9.59 Å². The van der Waals surface area contributed by atoms with Crippen LogP contribution in [0, 0.1) is 5.92 Å². The maximum atomic E-state index is 11.8. The van der Waals surface area contributed by atoms with E-state index in [1.165, 1.54) is 0 Å². The predicted molar refractivity (Wildman–Crippen MR) is 63.9 cm³/mol. The molecule has 2 heterocycles. The van der Waals surface area contributed by atoms with Crippen molar-refractivity contribution in [3.8, 4) is 0 Å². The molecule has 1 amide bonds. The predicted octanol–water partition coefficient (Wildman–Crippen LogP) is 1.64. The van der Waals surface area contributed by atoms with Crippen molar-refractivity contribution in [2.24, 2.45) is 5.92 Å². The number of carbonyl (C=O) groups excluding carboxylic acids is 2. The Labute approximate surface area is 102 Å². The van der Waals surface area contributed by atoms with Gasteiger partial charge < -0.3 is 4.90 Å². The van der Waals surface area contributed by atoms with Crippen LogP contribution in [0.4, 0.5) is 5.69 Å². The second-order valence-corrected chi connectivity index (χ2v) is 4.43. The summed E-state index contributed by atoms with van der Waals surface area (Å²) in [5.74, 6) is 0.368. The number of carbonyl (C=O) groups is 2. The lowest BCUT2D eigenvalue weighted by Crippen LogP contribution is -2.25. The summed E-state index contributed by atoms with van der Waals surface area (Å²) < 4.78 is 0. The van der Waals surface area contributed by atoms with Gasteiger partial charge in [-0.05, 0) is 12.0 Å². The smallest absolute Gasteiger partial charge is 0.227 e. The van der Waals surface area contributed by atoms with Gasteiger partial charge in [-0.3, -0.25) is 14.6 Å². The molecule has 1 aliphatic heterocycles. The van der Waals surface area contributed by atoms with Crippen LogP contribution in [0.1, 0.15) is 16.8 Å². The molecule has 1 aliphatic rings. The SMILES string of the molecule is O=Cc1ccncc1N1CC(CBr)CC1=O.